The number of nitrogens with zero attached hydrogens (tertiary/aromatic N) is 2. The van der Waals surface area contributed by atoms with Crippen LogP contribution < -0.4 is 15.5 Å². The fourth-order valence-corrected chi connectivity index (χ4v) is 2.30. The predicted octanol–water partition coefficient (Wildman–Crippen LogP) is 2.46. The smallest absolute Gasteiger partial charge is 0.292 e. The number of anilines is 2. The number of hydrogen-bond donors (Lipinski definition) is 2. The molecule has 0 unspecified atom stereocenters. The Labute approximate surface area is 125 Å². The van der Waals surface area contributed by atoms with Crippen LogP contribution in [0.1, 0.15) is 20.8 Å². The molecule has 0 saturated carbocycles. The Kier molecular flexibility index (Phi) is 4.67. The Morgan fingerprint density at radius 3 is 2.57 bits per heavy atom. The highest BCUT2D eigenvalue weighted by molar-refractivity contribution is 5.69. The van der Waals surface area contributed by atoms with Gasteiger partial charge in [0, 0.05) is 44.5 Å². The maximum absolute atomic E-state index is 11.2. The number of nitrogens with one attached hydrogen (secondary N) is 2. The summed E-state index contributed by atoms with van der Waals surface area (Å²) in [7, 11) is 0. The molecule has 1 aliphatic rings. The molecule has 1 aromatic carbocycles. The van der Waals surface area contributed by atoms with Gasteiger partial charge in [0.2, 0.25) is 0 Å². The van der Waals surface area contributed by atoms with Crippen molar-refractivity contribution in [1.82, 2.24) is 5.32 Å². The van der Waals surface area contributed by atoms with Crippen molar-refractivity contribution < 1.29 is 4.92 Å². The van der Waals surface area contributed by atoms with Crippen molar-refractivity contribution in [1.29, 1.82) is 0 Å². The van der Waals surface area contributed by atoms with Gasteiger partial charge >= 0.3 is 0 Å². The molecule has 6 nitrogen and oxygen atoms in total. The number of benzene rings is 1. The van der Waals surface area contributed by atoms with Gasteiger partial charge in [0.05, 0.1) is 4.92 Å². The fourth-order valence-electron chi connectivity index (χ4n) is 2.30. The first-order valence-electron chi connectivity index (χ1n) is 7.35. The minimum absolute atomic E-state index is 0.0684. The van der Waals surface area contributed by atoms with Crippen LogP contribution in [0.4, 0.5) is 17.1 Å². The van der Waals surface area contributed by atoms with Crippen LogP contribution in [0.5, 0.6) is 0 Å². The summed E-state index contributed by atoms with van der Waals surface area (Å²) in [5.41, 5.74) is 1.85. The number of nitro benzene ring substituents is 1. The Morgan fingerprint density at radius 2 is 2.00 bits per heavy atom. The van der Waals surface area contributed by atoms with Crippen molar-refractivity contribution in [2.75, 3.05) is 42.9 Å². The van der Waals surface area contributed by atoms with Gasteiger partial charge in [-0.1, -0.05) is 20.8 Å². The molecule has 0 atom stereocenters. The topological polar surface area (TPSA) is 70.4 Å². The van der Waals surface area contributed by atoms with E-state index in [1.807, 2.05) is 12.1 Å². The molecule has 2 rings (SSSR count). The first-order chi connectivity index (χ1) is 9.87. The molecular weight excluding hydrogens is 268 g/mol. The van der Waals surface area contributed by atoms with E-state index in [4.69, 9.17) is 0 Å². The average molecular weight is 292 g/mol. The van der Waals surface area contributed by atoms with Crippen LogP contribution in [0.3, 0.4) is 0 Å². The lowest BCUT2D eigenvalue weighted by molar-refractivity contribution is -0.384. The van der Waals surface area contributed by atoms with Gasteiger partial charge in [-0.25, -0.2) is 0 Å². The summed E-state index contributed by atoms with van der Waals surface area (Å²) in [5.74, 6) is 0. The molecule has 1 aromatic rings. The van der Waals surface area contributed by atoms with E-state index < -0.39 is 0 Å². The van der Waals surface area contributed by atoms with Gasteiger partial charge in [-0.15, -0.1) is 0 Å². The normalized spacial score (nSPS) is 15.9. The molecule has 0 aliphatic carbocycles. The van der Waals surface area contributed by atoms with E-state index in [0.717, 1.165) is 31.9 Å². The summed E-state index contributed by atoms with van der Waals surface area (Å²) in [6.45, 7) is 10.7. The third-order valence-corrected chi connectivity index (χ3v) is 3.47. The van der Waals surface area contributed by atoms with E-state index in [1.54, 1.807) is 6.07 Å². The average Bonchev–Trinajstić information content (AvgIpc) is 2.45. The quantitative estimate of drug-likeness (QED) is 0.659. The van der Waals surface area contributed by atoms with Gasteiger partial charge in [0.25, 0.3) is 5.69 Å². The zero-order valence-corrected chi connectivity index (χ0v) is 13.0. The van der Waals surface area contributed by atoms with Crippen LogP contribution in [0.25, 0.3) is 0 Å². The van der Waals surface area contributed by atoms with Crippen LogP contribution in [-0.4, -0.2) is 37.6 Å². The van der Waals surface area contributed by atoms with E-state index in [1.165, 1.54) is 0 Å². The summed E-state index contributed by atoms with van der Waals surface area (Å²) < 4.78 is 0. The fraction of sp³-hybridized carbons (Fsp3) is 0.600. The van der Waals surface area contributed by atoms with Crippen LogP contribution in [0, 0.1) is 15.5 Å². The van der Waals surface area contributed by atoms with Crippen molar-refractivity contribution in [3.8, 4) is 0 Å². The lowest BCUT2D eigenvalue weighted by Gasteiger charge is -2.30. The summed E-state index contributed by atoms with van der Waals surface area (Å²) in [5, 5.41) is 17.7. The van der Waals surface area contributed by atoms with Crippen molar-refractivity contribution in [3.05, 3.63) is 28.3 Å². The zero-order chi connectivity index (χ0) is 15.5. The molecule has 0 amide bonds. The van der Waals surface area contributed by atoms with Gasteiger partial charge in [0.15, 0.2) is 0 Å². The van der Waals surface area contributed by atoms with E-state index in [0.29, 0.717) is 12.2 Å². The molecular formula is C15H24N4O2. The zero-order valence-electron chi connectivity index (χ0n) is 13.0. The summed E-state index contributed by atoms with van der Waals surface area (Å²) in [4.78, 5) is 13.1. The Hall–Kier alpha value is -1.82. The summed E-state index contributed by atoms with van der Waals surface area (Å²) in [6, 6.07) is 5.34. The highest BCUT2D eigenvalue weighted by Gasteiger charge is 2.19. The van der Waals surface area contributed by atoms with E-state index >= 15 is 0 Å². The highest BCUT2D eigenvalue weighted by atomic mass is 16.6. The van der Waals surface area contributed by atoms with Crippen LogP contribution in [-0.2, 0) is 0 Å². The van der Waals surface area contributed by atoms with Crippen molar-refractivity contribution in [2.24, 2.45) is 5.41 Å². The van der Waals surface area contributed by atoms with Gasteiger partial charge < -0.3 is 15.5 Å². The number of hydrogen-bond acceptors (Lipinski definition) is 5. The summed E-state index contributed by atoms with van der Waals surface area (Å²) >= 11 is 0. The maximum atomic E-state index is 11.2. The second-order valence-electron chi connectivity index (χ2n) is 6.61. The Bertz CT molecular complexity index is 505. The molecule has 2 N–H and O–H groups in total. The second kappa shape index (κ2) is 6.30. The number of piperazine rings is 1. The van der Waals surface area contributed by atoms with E-state index in [2.05, 4.69) is 36.3 Å². The second-order valence-corrected chi connectivity index (χ2v) is 6.61. The minimum Gasteiger partial charge on any atom is -0.379 e. The molecule has 1 saturated heterocycles. The lowest BCUT2D eigenvalue weighted by atomic mass is 9.97. The van der Waals surface area contributed by atoms with Crippen molar-refractivity contribution >= 4 is 17.1 Å². The Morgan fingerprint density at radius 1 is 1.33 bits per heavy atom. The van der Waals surface area contributed by atoms with Crippen molar-refractivity contribution in [3.63, 3.8) is 0 Å². The van der Waals surface area contributed by atoms with E-state index in [-0.39, 0.29) is 16.0 Å². The molecule has 116 valence electrons. The van der Waals surface area contributed by atoms with Crippen LogP contribution >= 0.6 is 0 Å². The van der Waals surface area contributed by atoms with Crippen LogP contribution in [0.2, 0.25) is 0 Å². The molecule has 1 fully saturated rings. The van der Waals surface area contributed by atoms with Gasteiger partial charge in [-0.05, 0) is 17.5 Å². The Balaban J connectivity index is 2.23. The monoisotopic (exact) mass is 292 g/mol. The first kappa shape index (κ1) is 15.6. The minimum atomic E-state index is -0.327. The number of nitro groups is 1. The summed E-state index contributed by atoms with van der Waals surface area (Å²) in [6.07, 6.45) is 0. The molecule has 0 bridgehead atoms. The largest absolute Gasteiger partial charge is 0.379 e. The molecule has 1 heterocycles. The SMILES string of the molecule is CC(C)(C)CNc1cc(N2CCNCC2)ccc1[N+](=O)[O-]. The lowest BCUT2D eigenvalue weighted by Crippen LogP contribution is -2.43. The van der Waals surface area contributed by atoms with Crippen molar-refractivity contribution in [2.45, 2.75) is 20.8 Å². The predicted molar refractivity (Wildman–Crippen MR) is 86.1 cm³/mol. The molecule has 0 spiro atoms. The van der Waals surface area contributed by atoms with Crippen LogP contribution in [0.15, 0.2) is 18.2 Å². The van der Waals surface area contributed by atoms with Gasteiger partial charge in [-0.2, -0.15) is 0 Å². The van der Waals surface area contributed by atoms with Gasteiger partial charge in [0.1, 0.15) is 5.69 Å². The molecule has 6 heteroatoms. The standard InChI is InChI=1S/C15H24N4O2/c1-15(2,3)11-17-13-10-12(4-5-14(13)19(20)21)18-8-6-16-7-9-18/h4-5,10,16-17H,6-9,11H2,1-3H3. The first-order valence-corrected chi connectivity index (χ1v) is 7.35. The molecule has 0 radical (unpaired) electrons. The third-order valence-electron chi connectivity index (χ3n) is 3.47. The molecule has 21 heavy (non-hydrogen) atoms. The van der Waals surface area contributed by atoms with E-state index in [9.17, 15) is 10.1 Å². The number of rotatable bonds is 4. The molecule has 0 aromatic heterocycles. The molecule has 1 aliphatic heterocycles. The maximum Gasteiger partial charge on any atom is 0.292 e. The van der Waals surface area contributed by atoms with Gasteiger partial charge in [-0.3, -0.25) is 10.1 Å². The third kappa shape index (κ3) is 4.32. The highest BCUT2D eigenvalue weighted by Crippen LogP contribution is 2.30.